The Balaban J connectivity index is 1.57. The zero-order valence-corrected chi connectivity index (χ0v) is 13.7. The lowest BCUT2D eigenvalue weighted by atomic mass is 9.82. The maximum absolute atomic E-state index is 14.2. The number of carbonyl (C=O) groups is 3. The van der Waals surface area contributed by atoms with E-state index in [0.29, 0.717) is 18.7 Å². The molecule has 4 unspecified atom stereocenters. The van der Waals surface area contributed by atoms with Gasteiger partial charge in [-0.25, -0.2) is 9.18 Å². The van der Waals surface area contributed by atoms with Crippen LogP contribution in [0.2, 0.25) is 0 Å². The van der Waals surface area contributed by atoms with Gasteiger partial charge in [0.15, 0.2) is 0 Å². The first-order chi connectivity index (χ1) is 12.5. The first-order valence-electron chi connectivity index (χ1n) is 8.41. The third-order valence-corrected chi connectivity index (χ3v) is 5.33. The van der Waals surface area contributed by atoms with Crippen molar-refractivity contribution in [3.05, 3.63) is 36.2 Å². The molecule has 1 saturated carbocycles. The van der Waals surface area contributed by atoms with Crippen LogP contribution in [-0.2, 0) is 14.3 Å². The van der Waals surface area contributed by atoms with E-state index >= 15 is 0 Å². The van der Waals surface area contributed by atoms with E-state index in [9.17, 15) is 23.9 Å². The zero-order chi connectivity index (χ0) is 18.4. The molecule has 1 heterocycles. The van der Waals surface area contributed by atoms with Gasteiger partial charge in [-0.1, -0.05) is 12.2 Å². The summed E-state index contributed by atoms with van der Waals surface area (Å²) in [4.78, 5) is 37.2. The van der Waals surface area contributed by atoms with Crippen LogP contribution in [-0.4, -0.2) is 36.2 Å². The molecule has 8 heteroatoms. The van der Waals surface area contributed by atoms with E-state index < -0.39 is 35.6 Å². The Labute approximate surface area is 148 Å². The SMILES string of the molecule is O=C(O)C1C2C=CC(C2)C1C(=O)Nc1cc(N2CCOC2=O)ccc1F. The van der Waals surface area contributed by atoms with Crippen molar-refractivity contribution in [2.24, 2.45) is 23.7 Å². The lowest BCUT2D eigenvalue weighted by molar-refractivity contribution is -0.146. The quantitative estimate of drug-likeness (QED) is 0.803. The summed E-state index contributed by atoms with van der Waals surface area (Å²) in [6.45, 7) is 0.589. The lowest BCUT2D eigenvalue weighted by Crippen LogP contribution is -2.36. The molecule has 7 nitrogen and oxygen atoms in total. The van der Waals surface area contributed by atoms with Gasteiger partial charge in [0.2, 0.25) is 5.91 Å². The number of carboxylic acid groups (broad SMARTS) is 1. The van der Waals surface area contributed by atoms with Crippen LogP contribution in [0, 0.1) is 29.5 Å². The average Bonchev–Trinajstić information content (AvgIpc) is 3.32. The Kier molecular flexibility index (Phi) is 3.90. The predicted molar refractivity (Wildman–Crippen MR) is 89.1 cm³/mol. The molecule has 2 amide bonds. The summed E-state index contributed by atoms with van der Waals surface area (Å²) < 4.78 is 19.0. The highest BCUT2D eigenvalue weighted by Crippen LogP contribution is 2.48. The first kappa shape index (κ1) is 16.6. The monoisotopic (exact) mass is 360 g/mol. The van der Waals surface area contributed by atoms with Crippen LogP contribution in [0.1, 0.15) is 6.42 Å². The Morgan fingerprint density at radius 2 is 1.96 bits per heavy atom. The molecule has 0 aromatic heterocycles. The largest absolute Gasteiger partial charge is 0.481 e. The highest BCUT2D eigenvalue weighted by molar-refractivity contribution is 5.97. The second-order valence-corrected chi connectivity index (χ2v) is 6.76. The third kappa shape index (κ3) is 2.61. The van der Waals surface area contributed by atoms with E-state index in [1.54, 1.807) is 0 Å². The summed E-state index contributed by atoms with van der Waals surface area (Å²) >= 11 is 0. The summed E-state index contributed by atoms with van der Waals surface area (Å²) in [5.41, 5.74) is 0.329. The number of aliphatic carboxylic acids is 1. The lowest BCUT2D eigenvalue weighted by Gasteiger charge is -2.24. The van der Waals surface area contributed by atoms with Gasteiger partial charge in [-0.2, -0.15) is 0 Å². The first-order valence-corrected chi connectivity index (χ1v) is 8.41. The maximum Gasteiger partial charge on any atom is 0.414 e. The Bertz CT molecular complexity index is 824. The maximum atomic E-state index is 14.2. The second-order valence-electron chi connectivity index (χ2n) is 6.76. The van der Waals surface area contributed by atoms with E-state index in [-0.39, 0.29) is 24.1 Å². The molecule has 0 spiro atoms. The van der Waals surface area contributed by atoms with Crippen LogP contribution in [0.25, 0.3) is 0 Å². The number of rotatable bonds is 4. The summed E-state index contributed by atoms with van der Waals surface area (Å²) in [6.07, 6.45) is 3.80. The number of carbonyl (C=O) groups excluding carboxylic acids is 2. The number of nitrogens with one attached hydrogen (secondary N) is 1. The Morgan fingerprint density at radius 3 is 2.62 bits per heavy atom. The van der Waals surface area contributed by atoms with Crippen molar-refractivity contribution in [2.45, 2.75) is 6.42 Å². The van der Waals surface area contributed by atoms with Crippen LogP contribution in [0.15, 0.2) is 30.4 Å². The number of hydrogen-bond acceptors (Lipinski definition) is 4. The Hall–Kier alpha value is -2.90. The summed E-state index contributed by atoms with van der Waals surface area (Å²) in [5, 5.41) is 12.0. The molecule has 2 bridgehead atoms. The minimum absolute atomic E-state index is 0.0805. The van der Waals surface area contributed by atoms with Gasteiger partial charge in [-0.15, -0.1) is 0 Å². The number of cyclic esters (lactones) is 1. The molecule has 1 aliphatic heterocycles. The van der Waals surface area contributed by atoms with E-state index in [2.05, 4.69) is 5.32 Å². The molecule has 1 aromatic rings. The number of anilines is 2. The van der Waals surface area contributed by atoms with E-state index in [1.807, 2.05) is 12.2 Å². The fraction of sp³-hybridized carbons (Fsp3) is 0.389. The van der Waals surface area contributed by atoms with Gasteiger partial charge in [0, 0.05) is 5.69 Å². The van der Waals surface area contributed by atoms with Crippen molar-refractivity contribution in [1.82, 2.24) is 0 Å². The molecule has 3 aliphatic rings. The molecular weight excluding hydrogens is 343 g/mol. The minimum atomic E-state index is -1.02. The summed E-state index contributed by atoms with van der Waals surface area (Å²) in [7, 11) is 0. The number of amides is 2. The number of ether oxygens (including phenoxy) is 1. The number of halogens is 1. The number of fused-ring (bicyclic) bond motifs is 2. The standard InChI is InChI=1S/C18H17FN2O5/c19-12-4-3-11(21-5-6-26-18(21)25)8-13(12)20-16(22)14-9-1-2-10(7-9)15(14)17(23)24/h1-4,8-10,14-15H,5-7H2,(H,20,22)(H,23,24). The molecule has 2 fully saturated rings. The van der Waals surface area contributed by atoms with Gasteiger partial charge in [0.05, 0.1) is 24.1 Å². The smallest absolute Gasteiger partial charge is 0.414 e. The fourth-order valence-corrected chi connectivity index (χ4v) is 4.14. The van der Waals surface area contributed by atoms with Crippen LogP contribution in [0.3, 0.4) is 0 Å². The number of allylic oxidation sites excluding steroid dienone is 2. The molecule has 26 heavy (non-hydrogen) atoms. The average molecular weight is 360 g/mol. The highest BCUT2D eigenvalue weighted by Gasteiger charge is 2.51. The number of benzene rings is 1. The van der Waals surface area contributed by atoms with Crippen LogP contribution in [0.4, 0.5) is 20.6 Å². The van der Waals surface area contributed by atoms with Gasteiger partial charge >= 0.3 is 12.1 Å². The van der Waals surface area contributed by atoms with Crippen molar-refractivity contribution in [3.63, 3.8) is 0 Å². The van der Waals surface area contributed by atoms with Crippen LogP contribution >= 0.6 is 0 Å². The molecule has 0 radical (unpaired) electrons. The summed E-state index contributed by atoms with van der Waals surface area (Å²) in [6, 6.07) is 3.95. The van der Waals surface area contributed by atoms with Crippen LogP contribution < -0.4 is 10.2 Å². The zero-order valence-electron chi connectivity index (χ0n) is 13.7. The van der Waals surface area contributed by atoms with Crippen molar-refractivity contribution in [1.29, 1.82) is 0 Å². The topological polar surface area (TPSA) is 95.9 Å². The van der Waals surface area contributed by atoms with E-state index in [1.165, 1.54) is 17.0 Å². The highest BCUT2D eigenvalue weighted by atomic mass is 19.1. The molecule has 1 saturated heterocycles. The van der Waals surface area contributed by atoms with E-state index in [0.717, 1.165) is 6.07 Å². The van der Waals surface area contributed by atoms with Gasteiger partial charge < -0.3 is 15.2 Å². The summed E-state index contributed by atoms with van der Waals surface area (Å²) in [5.74, 6) is -4.04. The molecule has 4 rings (SSSR count). The van der Waals surface area contributed by atoms with Gasteiger partial charge in [-0.3, -0.25) is 14.5 Å². The van der Waals surface area contributed by atoms with Gasteiger partial charge in [-0.05, 0) is 36.5 Å². The molecule has 2 N–H and O–H groups in total. The molecule has 136 valence electrons. The van der Waals surface area contributed by atoms with Crippen molar-refractivity contribution in [2.75, 3.05) is 23.4 Å². The number of nitrogens with zero attached hydrogens (tertiary/aromatic N) is 1. The molecular formula is C18H17FN2O5. The number of hydrogen-bond donors (Lipinski definition) is 2. The van der Waals surface area contributed by atoms with Crippen molar-refractivity contribution < 1.29 is 28.6 Å². The number of carboxylic acids is 1. The van der Waals surface area contributed by atoms with Crippen LogP contribution in [0.5, 0.6) is 0 Å². The second kappa shape index (κ2) is 6.12. The van der Waals surface area contributed by atoms with E-state index in [4.69, 9.17) is 4.74 Å². The third-order valence-electron chi connectivity index (χ3n) is 5.33. The fourth-order valence-electron chi connectivity index (χ4n) is 4.14. The minimum Gasteiger partial charge on any atom is -0.481 e. The van der Waals surface area contributed by atoms with Gasteiger partial charge in [0.1, 0.15) is 12.4 Å². The molecule has 2 aliphatic carbocycles. The van der Waals surface area contributed by atoms with Crippen molar-refractivity contribution >= 4 is 29.3 Å². The predicted octanol–water partition coefficient (Wildman–Crippen LogP) is 2.24. The Morgan fingerprint density at radius 1 is 1.23 bits per heavy atom. The molecule has 1 aromatic carbocycles. The molecule has 4 atom stereocenters. The normalized spacial score (nSPS) is 29.1. The van der Waals surface area contributed by atoms with Crippen molar-refractivity contribution in [3.8, 4) is 0 Å². The van der Waals surface area contributed by atoms with Gasteiger partial charge in [0.25, 0.3) is 0 Å².